The van der Waals surface area contributed by atoms with E-state index in [0.717, 1.165) is 12.3 Å². The maximum atomic E-state index is 14.0. The Morgan fingerprint density at radius 3 is 2.70 bits per heavy atom. The number of aldehydes is 1. The lowest BCUT2D eigenvalue weighted by Gasteiger charge is -2.16. The molecule has 0 fully saturated rings. The van der Waals surface area contributed by atoms with Crippen LogP contribution in [0.25, 0.3) is 11.0 Å². The van der Waals surface area contributed by atoms with Gasteiger partial charge in [-0.3, -0.25) is 9.36 Å². The fraction of sp³-hybridized carbons (Fsp3) is 0.500. The molecule has 0 bridgehead atoms. The number of aromatic nitrogens is 2. The van der Waals surface area contributed by atoms with Crippen molar-refractivity contribution < 1.29 is 13.9 Å². The van der Waals surface area contributed by atoms with Crippen LogP contribution in [0.15, 0.2) is 12.1 Å². The summed E-state index contributed by atoms with van der Waals surface area (Å²) in [5, 5.41) is 0.572. The number of fused-ring (bicyclic) bond motifs is 1. The van der Waals surface area contributed by atoms with E-state index in [0.29, 0.717) is 23.3 Å². The smallest absolute Gasteiger partial charge is 0.166 e. The first-order chi connectivity index (χ1) is 10.7. The van der Waals surface area contributed by atoms with E-state index in [1.54, 1.807) is 17.6 Å². The van der Waals surface area contributed by atoms with Crippen LogP contribution < -0.4 is 5.73 Å². The molecular formula is C16H24FN3O2Si. The molecule has 0 unspecified atom stereocenters. The molecule has 0 spiro atoms. The molecule has 5 nitrogen and oxygen atoms in total. The van der Waals surface area contributed by atoms with Gasteiger partial charge in [0.2, 0.25) is 0 Å². The third kappa shape index (κ3) is 4.24. The van der Waals surface area contributed by atoms with Gasteiger partial charge in [0.15, 0.2) is 6.29 Å². The Kier molecular flexibility index (Phi) is 5.33. The minimum Gasteiger partial charge on any atom is -0.361 e. The van der Waals surface area contributed by atoms with Crippen LogP contribution in [0.3, 0.4) is 0 Å². The van der Waals surface area contributed by atoms with Gasteiger partial charge in [-0.05, 0) is 25.1 Å². The number of nitrogens with two attached hydrogens (primary N) is 1. The first kappa shape index (κ1) is 17.8. The number of nitrogens with zero attached hydrogens (tertiary/aromatic N) is 2. The zero-order chi connectivity index (χ0) is 17.2. The lowest BCUT2D eigenvalue weighted by atomic mass is 10.2. The maximum Gasteiger partial charge on any atom is 0.166 e. The lowest BCUT2D eigenvalue weighted by molar-refractivity contribution is 0.0859. The van der Waals surface area contributed by atoms with E-state index in [2.05, 4.69) is 24.6 Å². The second-order valence-electron chi connectivity index (χ2n) is 7.02. The monoisotopic (exact) mass is 337 g/mol. The molecule has 0 aliphatic heterocycles. The third-order valence-electron chi connectivity index (χ3n) is 3.65. The Hall–Kier alpha value is -1.57. The summed E-state index contributed by atoms with van der Waals surface area (Å²) in [6.45, 7) is 9.36. The van der Waals surface area contributed by atoms with E-state index in [4.69, 9.17) is 10.5 Å². The van der Waals surface area contributed by atoms with Crippen molar-refractivity contribution in [3.63, 3.8) is 0 Å². The highest BCUT2D eigenvalue weighted by Crippen LogP contribution is 2.22. The molecule has 2 aromatic heterocycles. The standard InChI is InChI=1S/C16H24FN3O2Si/c1-11(18)15-14(17)8-12-7-13(9-21)20(16(12)19-15)10-22-5-6-23(2,3)4/h7-9,11H,5-6,10,18H2,1-4H3/t11-/m1/s1. The number of hydrogen-bond acceptors (Lipinski definition) is 4. The maximum absolute atomic E-state index is 14.0. The highest BCUT2D eigenvalue weighted by Gasteiger charge is 2.17. The number of halogens is 1. The number of carbonyl (C=O) groups excluding carboxylic acids is 1. The van der Waals surface area contributed by atoms with Crippen molar-refractivity contribution in [1.29, 1.82) is 0 Å². The van der Waals surface area contributed by atoms with Gasteiger partial charge in [-0.1, -0.05) is 19.6 Å². The van der Waals surface area contributed by atoms with Gasteiger partial charge < -0.3 is 10.5 Å². The van der Waals surface area contributed by atoms with Crippen molar-refractivity contribution in [3.05, 3.63) is 29.3 Å². The second-order valence-corrected chi connectivity index (χ2v) is 12.6. The third-order valence-corrected chi connectivity index (χ3v) is 5.36. The van der Waals surface area contributed by atoms with E-state index in [9.17, 15) is 9.18 Å². The van der Waals surface area contributed by atoms with Crippen LogP contribution in [0, 0.1) is 5.82 Å². The zero-order valence-electron chi connectivity index (χ0n) is 14.1. The molecule has 2 heterocycles. The number of pyridine rings is 1. The van der Waals surface area contributed by atoms with Crippen molar-refractivity contribution >= 4 is 25.4 Å². The first-order valence-corrected chi connectivity index (χ1v) is 11.4. The molecule has 0 aliphatic carbocycles. The molecule has 2 aromatic rings. The summed E-state index contributed by atoms with van der Waals surface area (Å²) in [7, 11) is -1.17. The molecule has 1 atom stereocenters. The average molecular weight is 337 g/mol. The van der Waals surface area contributed by atoms with Gasteiger partial charge in [-0.25, -0.2) is 9.37 Å². The number of carbonyl (C=O) groups is 1. The van der Waals surface area contributed by atoms with Crippen LogP contribution in [-0.2, 0) is 11.5 Å². The number of hydrogen-bond donors (Lipinski definition) is 1. The lowest BCUT2D eigenvalue weighted by Crippen LogP contribution is -2.22. The van der Waals surface area contributed by atoms with E-state index >= 15 is 0 Å². The predicted molar refractivity (Wildman–Crippen MR) is 91.8 cm³/mol. The molecule has 0 saturated heterocycles. The fourth-order valence-corrected chi connectivity index (χ4v) is 3.03. The van der Waals surface area contributed by atoms with Gasteiger partial charge in [-0.2, -0.15) is 0 Å². The largest absolute Gasteiger partial charge is 0.361 e. The average Bonchev–Trinajstić information content (AvgIpc) is 2.78. The Labute approximate surface area is 136 Å². The zero-order valence-corrected chi connectivity index (χ0v) is 15.1. The van der Waals surface area contributed by atoms with Crippen molar-refractivity contribution in [3.8, 4) is 0 Å². The summed E-state index contributed by atoms with van der Waals surface area (Å²) in [4.78, 5) is 15.6. The molecule has 126 valence electrons. The SMILES string of the molecule is C[C@@H](N)c1nc2c(cc1F)cc(C=O)n2COCC[Si](C)(C)C. The van der Waals surface area contributed by atoms with Gasteiger partial charge in [0.25, 0.3) is 0 Å². The summed E-state index contributed by atoms with van der Waals surface area (Å²) in [5.74, 6) is -0.457. The van der Waals surface area contributed by atoms with Gasteiger partial charge in [0, 0.05) is 26.1 Å². The second kappa shape index (κ2) is 6.90. The topological polar surface area (TPSA) is 70.1 Å². The number of ether oxygens (including phenoxy) is 1. The van der Waals surface area contributed by atoms with E-state index in [1.807, 2.05) is 0 Å². The molecule has 0 aliphatic rings. The van der Waals surface area contributed by atoms with Gasteiger partial charge in [0.05, 0.1) is 11.4 Å². The molecule has 2 rings (SSSR count). The summed E-state index contributed by atoms with van der Waals surface area (Å²) >= 11 is 0. The molecule has 0 saturated carbocycles. The molecule has 7 heteroatoms. The summed E-state index contributed by atoms with van der Waals surface area (Å²) in [5.41, 5.74) is 6.89. The van der Waals surface area contributed by atoms with E-state index in [-0.39, 0.29) is 12.4 Å². The van der Waals surface area contributed by atoms with Crippen molar-refractivity contribution in [1.82, 2.24) is 9.55 Å². The van der Waals surface area contributed by atoms with Crippen LogP contribution in [-0.4, -0.2) is 30.5 Å². The van der Waals surface area contributed by atoms with E-state index in [1.165, 1.54) is 6.07 Å². The molecule has 23 heavy (non-hydrogen) atoms. The summed E-state index contributed by atoms with van der Waals surface area (Å²) in [6, 6.07) is 3.50. The van der Waals surface area contributed by atoms with Crippen molar-refractivity contribution in [2.45, 2.75) is 45.4 Å². The van der Waals surface area contributed by atoms with Crippen molar-refractivity contribution in [2.75, 3.05) is 6.61 Å². The summed E-state index contributed by atoms with van der Waals surface area (Å²) in [6.07, 6.45) is 0.729. The molecule has 2 N–H and O–H groups in total. The number of rotatable bonds is 7. The van der Waals surface area contributed by atoms with Crippen LogP contribution in [0.5, 0.6) is 0 Å². The normalized spacial score (nSPS) is 13.5. The minimum atomic E-state index is -1.17. The predicted octanol–water partition coefficient (Wildman–Crippen LogP) is 3.32. The van der Waals surface area contributed by atoms with E-state index < -0.39 is 19.9 Å². The highest BCUT2D eigenvalue weighted by atomic mass is 28.3. The van der Waals surface area contributed by atoms with Gasteiger partial charge in [0.1, 0.15) is 18.2 Å². The van der Waals surface area contributed by atoms with Gasteiger partial charge >= 0.3 is 0 Å². The first-order valence-electron chi connectivity index (χ1n) is 7.71. The summed E-state index contributed by atoms with van der Waals surface area (Å²) < 4.78 is 21.4. The van der Waals surface area contributed by atoms with Gasteiger partial charge in [-0.15, -0.1) is 0 Å². The van der Waals surface area contributed by atoms with Crippen molar-refractivity contribution in [2.24, 2.45) is 5.73 Å². The highest BCUT2D eigenvalue weighted by molar-refractivity contribution is 6.76. The van der Waals surface area contributed by atoms with Crippen LogP contribution in [0.2, 0.25) is 25.7 Å². The molecular weight excluding hydrogens is 313 g/mol. The quantitative estimate of drug-likeness (QED) is 0.478. The van der Waals surface area contributed by atoms with Crippen LogP contribution in [0.4, 0.5) is 4.39 Å². The molecule has 0 radical (unpaired) electrons. The Bertz CT molecular complexity index is 707. The Balaban J connectivity index is 2.29. The molecule has 0 aromatic carbocycles. The Morgan fingerprint density at radius 1 is 1.43 bits per heavy atom. The Morgan fingerprint density at radius 2 is 2.13 bits per heavy atom. The van der Waals surface area contributed by atoms with Crippen LogP contribution >= 0.6 is 0 Å². The van der Waals surface area contributed by atoms with Crippen LogP contribution in [0.1, 0.15) is 29.1 Å². The molecule has 0 amide bonds. The fourth-order valence-electron chi connectivity index (χ4n) is 2.28. The minimum absolute atomic E-state index is 0.191.